The van der Waals surface area contributed by atoms with Crippen LogP contribution in [-0.4, -0.2) is 20.3 Å². The number of carbonyl (C=O) groups is 1. The van der Waals surface area contributed by atoms with Crippen LogP contribution in [-0.2, 0) is 11.2 Å². The molecule has 0 unspecified atom stereocenters. The zero-order chi connectivity index (χ0) is 16.5. The van der Waals surface area contributed by atoms with Crippen molar-refractivity contribution in [2.24, 2.45) is 0 Å². The molecule has 0 spiro atoms. The van der Waals surface area contributed by atoms with Crippen LogP contribution >= 0.6 is 22.7 Å². The zero-order valence-electron chi connectivity index (χ0n) is 12.3. The van der Waals surface area contributed by atoms with Gasteiger partial charge >= 0.3 is 0 Å². The van der Waals surface area contributed by atoms with Crippen molar-refractivity contribution >= 4 is 38.7 Å². The minimum atomic E-state index is -0.314. The third-order valence-corrected chi connectivity index (χ3v) is 4.88. The van der Waals surface area contributed by atoms with Gasteiger partial charge in [0.15, 0.2) is 10.1 Å². The molecule has 0 atom stereocenters. The van der Waals surface area contributed by atoms with Crippen molar-refractivity contribution in [2.75, 3.05) is 5.32 Å². The van der Waals surface area contributed by atoms with Crippen molar-refractivity contribution in [1.82, 2.24) is 14.4 Å². The largest absolute Gasteiger partial charge is 0.302 e. The zero-order valence-corrected chi connectivity index (χ0v) is 13.9. The number of imidazole rings is 1. The quantitative estimate of drug-likeness (QED) is 0.603. The molecule has 5 nitrogen and oxygen atoms in total. The highest BCUT2D eigenvalue weighted by Gasteiger charge is 2.11. The van der Waals surface area contributed by atoms with Crippen LogP contribution in [0.25, 0.3) is 16.2 Å². The first-order valence-electron chi connectivity index (χ1n) is 7.10. The number of carbonyl (C=O) groups excluding carboxylic acids is 1. The van der Waals surface area contributed by atoms with E-state index in [4.69, 9.17) is 0 Å². The molecule has 3 heterocycles. The highest BCUT2D eigenvalue weighted by atomic mass is 32.1. The lowest BCUT2D eigenvalue weighted by atomic mass is 10.2. The molecule has 8 heteroatoms. The van der Waals surface area contributed by atoms with Crippen LogP contribution in [0.5, 0.6) is 0 Å². The molecule has 4 aromatic rings. The lowest BCUT2D eigenvalue weighted by molar-refractivity contribution is -0.115. The van der Waals surface area contributed by atoms with Crippen LogP contribution < -0.4 is 5.32 Å². The van der Waals surface area contributed by atoms with E-state index in [-0.39, 0.29) is 18.1 Å². The Bertz CT molecular complexity index is 991. The monoisotopic (exact) mass is 358 g/mol. The summed E-state index contributed by atoms with van der Waals surface area (Å²) in [5.74, 6) is -0.494. The second-order valence-electron chi connectivity index (χ2n) is 5.10. The third-order valence-electron chi connectivity index (χ3n) is 3.36. The minimum Gasteiger partial charge on any atom is -0.302 e. The Morgan fingerprint density at radius 2 is 2.21 bits per heavy atom. The van der Waals surface area contributed by atoms with Crippen molar-refractivity contribution in [3.8, 4) is 11.3 Å². The Kier molecular flexibility index (Phi) is 3.83. The number of nitrogens with one attached hydrogen (secondary N) is 1. The van der Waals surface area contributed by atoms with E-state index in [1.807, 2.05) is 22.2 Å². The first kappa shape index (κ1) is 15.0. The van der Waals surface area contributed by atoms with Gasteiger partial charge in [-0.2, -0.15) is 0 Å². The number of halogens is 1. The van der Waals surface area contributed by atoms with Gasteiger partial charge in [0.25, 0.3) is 0 Å². The SMILES string of the molecule is O=C(Cc1cn2ccsc2n1)Nc1nc(-c2cccc(F)c2)cs1. The van der Waals surface area contributed by atoms with Gasteiger partial charge in [-0.3, -0.25) is 9.20 Å². The predicted octanol–water partition coefficient (Wildman–Crippen LogP) is 3.84. The average molecular weight is 358 g/mol. The summed E-state index contributed by atoms with van der Waals surface area (Å²) in [6, 6.07) is 6.21. The summed E-state index contributed by atoms with van der Waals surface area (Å²) in [4.78, 5) is 21.7. The molecule has 0 saturated heterocycles. The average Bonchev–Trinajstić information content (AvgIpc) is 3.23. The first-order valence-corrected chi connectivity index (χ1v) is 8.86. The molecule has 0 aliphatic heterocycles. The van der Waals surface area contributed by atoms with Crippen LogP contribution in [0.2, 0.25) is 0 Å². The number of rotatable bonds is 4. The highest BCUT2D eigenvalue weighted by Crippen LogP contribution is 2.25. The Morgan fingerprint density at radius 3 is 3.04 bits per heavy atom. The highest BCUT2D eigenvalue weighted by molar-refractivity contribution is 7.15. The molecule has 120 valence electrons. The molecule has 1 amide bonds. The number of thiazole rings is 2. The summed E-state index contributed by atoms with van der Waals surface area (Å²) in [5.41, 5.74) is 2.03. The molecule has 24 heavy (non-hydrogen) atoms. The van der Waals surface area contributed by atoms with E-state index < -0.39 is 0 Å². The molecule has 1 aromatic carbocycles. The van der Waals surface area contributed by atoms with Crippen LogP contribution in [0.4, 0.5) is 9.52 Å². The fourth-order valence-corrected chi connectivity index (χ4v) is 3.76. The summed E-state index contributed by atoms with van der Waals surface area (Å²) in [5, 5.41) is 6.98. The van der Waals surface area contributed by atoms with Gasteiger partial charge in [0.1, 0.15) is 5.82 Å². The van der Waals surface area contributed by atoms with Crippen molar-refractivity contribution in [3.63, 3.8) is 0 Å². The molecule has 0 radical (unpaired) electrons. The molecular formula is C16H11FN4OS2. The van der Waals surface area contributed by atoms with E-state index in [1.54, 1.807) is 17.5 Å². The predicted molar refractivity (Wildman–Crippen MR) is 92.9 cm³/mol. The molecule has 3 aromatic heterocycles. The van der Waals surface area contributed by atoms with Crippen LogP contribution in [0.15, 0.2) is 47.4 Å². The summed E-state index contributed by atoms with van der Waals surface area (Å²) in [6.07, 6.45) is 3.93. The maximum absolute atomic E-state index is 13.3. The fraction of sp³-hybridized carbons (Fsp3) is 0.0625. The lowest BCUT2D eigenvalue weighted by Crippen LogP contribution is -2.14. The van der Waals surface area contributed by atoms with E-state index in [9.17, 15) is 9.18 Å². The first-order chi connectivity index (χ1) is 11.7. The van der Waals surface area contributed by atoms with E-state index in [1.165, 1.54) is 34.8 Å². The molecule has 0 saturated carbocycles. The number of benzene rings is 1. The topological polar surface area (TPSA) is 59.3 Å². The van der Waals surface area contributed by atoms with Crippen LogP contribution in [0.1, 0.15) is 5.69 Å². The van der Waals surface area contributed by atoms with Crippen molar-refractivity contribution in [3.05, 3.63) is 58.9 Å². The van der Waals surface area contributed by atoms with E-state index in [2.05, 4.69) is 15.3 Å². The Hall–Kier alpha value is -2.58. The number of nitrogens with zero attached hydrogens (tertiary/aromatic N) is 3. The number of hydrogen-bond donors (Lipinski definition) is 1. The van der Waals surface area contributed by atoms with E-state index in [0.717, 1.165) is 4.96 Å². The van der Waals surface area contributed by atoms with Gasteiger partial charge in [-0.05, 0) is 12.1 Å². The number of hydrogen-bond acceptors (Lipinski definition) is 5. The van der Waals surface area contributed by atoms with Crippen molar-refractivity contribution in [1.29, 1.82) is 0 Å². The minimum absolute atomic E-state index is 0.180. The molecule has 0 aliphatic rings. The number of aromatic nitrogens is 3. The second-order valence-corrected chi connectivity index (χ2v) is 6.83. The van der Waals surface area contributed by atoms with Crippen molar-refractivity contribution in [2.45, 2.75) is 6.42 Å². The maximum atomic E-state index is 13.3. The van der Waals surface area contributed by atoms with Gasteiger partial charge in [-0.15, -0.1) is 22.7 Å². The lowest BCUT2D eigenvalue weighted by Gasteiger charge is -1.99. The Morgan fingerprint density at radius 1 is 1.29 bits per heavy atom. The van der Waals surface area contributed by atoms with E-state index in [0.29, 0.717) is 22.1 Å². The molecule has 1 N–H and O–H groups in total. The number of anilines is 1. The third kappa shape index (κ3) is 3.06. The molecule has 0 fully saturated rings. The van der Waals surface area contributed by atoms with Gasteiger partial charge in [-0.25, -0.2) is 14.4 Å². The van der Waals surface area contributed by atoms with E-state index >= 15 is 0 Å². The summed E-state index contributed by atoms with van der Waals surface area (Å²) < 4.78 is 15.2. The normalized spacial score (nSPS) is 11.0. The maximum Gasteiger partial charge on any atom is 0.232 e. The summed E-state index contributed by atoms with van der Waals surface area (Å²) in [6.45, 7) is 0. The number of fused-ring (bicyclic) bond motifs is 1. The van der Waals surface area contributed by atoms with Gasteiger partial charge in [-0.1, -0.05) is 12.1 Å². The van der Waals surface area contributed by atoms with Gasteiger partial charge < -0.3 is 5.32 Å². The second kappa shape index (κ2) is 6.14. The van der Waals surface area contributed by atoms with Crippen LogP contribution in [0.3, 0.4) is 0 Å². The molecule has 0 bridgehead atoms. The Labute approximate surface area is 144 Å². The van der Waals surface area contributed by atoms with Gasteiger partial charge in [0.2, 0.25) is 5.91 Å². The Balaban J connectivity index is 1.45. The standard InChI is InChI=1S/C16H11FN4OS2/c17-11-3-1-2-10(6-11)13-9-24-15(19-13)20-14(22)7-12-8-21-4-5-23-16(21)18-12/h1-6,8-9H,7H2,(H,19,20,22). The molecule has 0 aliphatic carbocycles. The molecular weight excluding hydrogens is 347 g/mol. The fourth-order valence-electron chi connectivity index (χ4n) is 2.30. The summed E-state index contributed by atoms with van der Waals surface area (Å²) in [7, 11) is 0. The smallest absolute Gasteiger partial charge is 0.232 e. The molecule has 4 rings (SSSR count). The van der Waals surface area contributed by atoms with Gasteiger partial charge in [0.05, 0.1) is 17.8 Å². The van der Waals surface area contributed by atoms with Gasteiger partial charge in [0, 0.05) is 28.7 Å². The van der Waals surface area contributed by atoms with Crippen molar-refractivity contribution < 1.29 is 9.18 Å². The summed E-state index contributed by atoms with van der Waals surface area (Å²) >= 11 is 2.83. The number of amides is 1. The van der Waals surface area contributed by atoms with Crippen LogP contribution in [0, 0.1) is 5.82 Å².